The Hall–Kier alpha value is -2.32. The maximum Gasteiger partial charge on any atom is 0.244 e. The van der Waals surface area contributed by atoms with E-state index in [1.54, 1.807) is 0 Å². The standard InChI is InChI=1S/C22H32N6O2/c1-17(2)19-6-4-18(5-7-19)12-26-11-8-20(29)22(14-26)9-3-10-27(15-22)21(30)13-28-16-23-24-25-28/h4-7,16-17,20,29H,3,8-15H2,1-2H3/t20-,22-/m1/s1. The molecular weight excluding hydrogens is 380 g/mol. The number of piperidine rings is 2. The third kappa shape index (κ3) is 4.54. The number of tetrazole rings is 1. The first kappa shape index (κ1) is 20.9. The van der Waals surface area contributed by atoms with Gasteiger partial charge in [-0.15, -0.1) is 5.10 Å². The molecule has 1 aromatic heterocycles. The average molecular weight is 413 g/mol. The van der Waals surface area contributed by atoms with Gasteiger partial charge in [-0.25, -0.2) is 4.68 Å². The zero-order valence-electron chi connectivity index (χ0n) is 17.9. The van der Waals surface area contributed by atoms with E-state index in [9.17, 15) is 9.90 Å². The lowest BCUT2D eigenvalue weighted by Crippen LogP contribution is -2.59. The highest BCUT2D eigenvalue weighted by molar-refractivity contribution is 5.76. The fraction of sp³-hybridized carbons (Fsp3) is 0.636. The zero-order valence-corrected chi connectivity index (χ0v) is 17.9. The normalized spacial score (nSPS) is 25.2. The molecule has 1 N–H and O–H groups in total. The summed E-state index contributed by atoms with van der Waals surface area (Å²) in [5, 5.41) is 21.9. The van der Waals surface area contributed by atoms with Crippen molar-refractivity contribution in [3.63, 3.8) is 0 Å². The molecule has 4 rings (SSSR count). The van der Waals surface area contributed by atoms with Crippen molar-refractivity contribution in [1.82, 2.24) is 30.0 Å². The summed E-state index contributed by atoms with van der Waals surface area (Å²) >= 11 is 0. The van der Waals surface area contributed by atoms with Crippen molar-refractivity contribution in [2.45, 2.75) is 58.2 Å². The van der Waals surface area contributed by atoms with Crippen LogP contribution in [-0.2, 0) is 17.9 Å². The zero-order chi connectivity index (χ0) is 21.1. The minimum Gasteiger partial charge on any atom is -0.392 e. The van der Waals surface area contributed by atoms with Crippen LogP contribution in [0.1, 0.15) is 50.2 Å². The van der Waals surface area contributed by atoms with Crippen LogP contribution in [0.4, 0.5) is 0 Å². The van der Waals surface area contributed by atoms with Gasteiger partial charge in [0.1, 0.15) is 12.9 Å². The number of aromatic nitrogens is 4. The molecule has 2 saturated heterocycles. The van der Waals surface area contributed by atoms with Crippen molar-refractivity contribution in [3.05, 3.63) is 41.7 Å². The summed E-state index contributed by atoms with van der Waals surface area (Å²) in [6.45, 7) is 8.46. The average Bonchev–Trinajstić information content (AvgIpc) is 3.24. The van der Waals surface area contributed by atoms with E-state index in [-0.39, 0.29) is 24.0 Å². The SMILES string of the molecule is CC(C)c1ccc(CN2CC[C@@H](O)[C@]3(CCCN(C(=O)Cn4cnnn4)C3)C2)cc1. The number of aliphatic hydroxyl groups is 1. The summed E-state index contributed by atoms with van der Waals surface area (Å²) in [7, 11) is 0. The molecule has 0 saturated carbocycles. The first-order valence-electron chi connectivity index (χ1n) is 10.9. The van der Waals surface area contributed by atoms with Crippen LogP contribution < -0.4 is 0 Å². The van der Waals surface area contributed by atoms with Crippen molar-refractivity contribution in [3.8, 4) is 0 Å². The molecule has 1 aromatic carbocycles. The molecular formula is C22H32N6O2. The molecule has 2 fully saturated rings. The summed E-state index contributed by atoms with van der Waals surface area (Å²) in [6, 6.07) is 8.87. The highest BCUT2D eigenvalue weighted by Gasteiger charge is 2.46. The second kappa shape index (κ2) is 8.81. The van der Waals surface area contributed by atoms with E-state index in [0.717, 1.165) is 45.4 Å². The molecule has 8 nitrogen and oxygen atoms in total. The van der Waals surface area contributed by atoms with Gasteiger partial charge < -0.3 is 10.0 Å². The van der Waals surface area contributed by atoms with Crippen molar-refractivity contribution in [2.24, 2.45) is 5.41 Å². The van der Waals surface area contributed by atoms with Crippen LogP contribution in [0, 0.1) is 5.41 Å². The van der Waals surface area contributed by atoms with Crippen LogP contribution in [0.25, 0.3) is 0 Å². The van der Waals surface area contributed by atoms with E-state index >= 15 is 0 Å². The van der Waals surface area contributed by atoms with Crippen molar-refractivity contribution >= 4 is 5.91 Å². The molecule has 30 heavy (non-hydrogen) atoms. The van der Waals surface area contributed by atoms with Crippen molar-refractivity contribution < 1.29 is 9.90 Å². The Morgan fingerprint density at radius 3 is 2.73 bits per heavy atom. The first-order valence-corrected chi connectivity index (χ1v) is 10.9. The molecule has 2 aromatic rings. The fourth-order valence-electron chi connectivity index (χ4n) is 4.91. The molecule has 0 bridgehead atoms. The maximum absolute atomic E-state index is 12.8. The molecule has 2 aliphatic rings. The van der Waals surface area contributed by atoms with Gasteiger partial charge in [-0.05, 0) is 46.7 Å². The number of hydrogen-bond acceptors (Lipinski definition) is 6. The molecule has 1 amide bonds. The topological polar surface area (TPSA) is 87.4 Å². The molecule has 3 heterocycles. The van der Waals surface area contributed by atoms with Crippen LogP contribution in [0.15, 0.2) is 30.6 Å². The minimum absolute atomic E-state index is 0.00923. The molecule has 0 aliphatic carbocycles. The number of amides is 1. The number of nitrogens with zero attached hydrogens (tertiary/aromatic N) is 6. The molecule has 2 atom stereocenters. The number of carbonyl (C=O) groups excluding carboxylic acids is 1. The van der Waals surface area contributed by atoms with Gasteiger partial charge in [0.15, 0.2) is 0 Å². The smallest absolute Gasteiger partial charge is 0.244 e. The van der Waals surface area contributed by atoms with E-state index in [2.05, 4.69) is 58.5 Å². The Morgan fingerprint density at radius 1 is 1.23 bits per heavy atom. The van der Waals surface area contributed by atoms with Crippen molar-refractivity contribution in [2.75, 3.05) is 26.2 Å². The second-order valence-corrected chi connectivity index (χ2v) is 9.20. The Kier molecular flexibility index (Phi) is 6.15. The van der Waals surface area contributed by atoms with Gasteiger partial charge in [0.25, 0.3) is 0 Å². The van der Waals surface area contributed by atoms with Gasteiger partial charge >= 0.3 is 0 Å². The number of aliphatic hydroxyl groups excluding tert-OH is 1. The highest BCUT2D eigenvalue weighted by Crippen LogP contribution is 2.39. The molecule has 162 valence electrons. The van der Waals surface area contributed by atoms with Crippen LogP contribution in [-0.4, -0.2) is 73.3 Å². The van der Waals surface area contributed by atoms with Crippen LogP contribution in [0.5, 0.6) is 0 Å². The number of benzene rings is 1. The Bertz CT molecular complexity index is 838. The lowest BCUT2D eigenvalue weighted by Gasteiger charge is -2.51. The molecule has 8 heteroatoms. The summed E-state index contributed by atoms with van der Waals surface area (Å²) in [6.07, 6.45) is 3.69. The monoisotopic (exact) mass is 412 g/mol. The lowest BCUT2D eigenvalue weighted by molar-refractivity contribution is -0.142. The third-order valence-electron chi connectivity index (χ3n) is 6.67. The highest BCUT2D eigenvalue weighted by atomic mass is 16.3. The van der Waals surface area contributed by atoms with E-state index in [1.165, 1.54) is 22.1 Å². The molecule has 0 radical (unpaired) electrons. The van der Waals surface area contributed by atoms with E-state index in [1.807, 2.05) is 4.90 Å². The summed E-state index contributed by atoms with van der Waals surface area (Å²) in [4.78, 5) is 17.1. The lowest BCUT2D eigenvalue weighted by atomic mass is 9.71. The predicted octanol–water partition coefficient (Wildman–Crippen LogP) is 1.67. The van der Waals surface area contributed by atoms with Crippen molar-refractivity contribution in [1.29, 1.82) is 0 Å². The molecule has 2 aliphatic heterocycles. The number of hydrogen-bond donors (Lipinski definition) is 1. The van der Waals surface area contributed by atoms with Gasteiger partial charge in [0.05, 0.1) is 6.10 Å². The van der Waals surface area contributed by atoms with Crippen LogP contribution in [0.3, 0.4) is 0 Å². The predicted molar refractivity (Wildman–Crippen MR) is 112 cm³/mol. The Labute approximate surface area is 177 Å². The van der Waals surface area contributed by atoms with Gasteiger partial charge in [-0.2, -0.15) is 0 Å². The van der Waals surface area contributed by atoms with E-state index in [4.69, 9.17) is 0 Å². The minimum atomic E-state index is -0.374. The van der Waals surface area contributed by atoms with Gasteiger partial charge in [0, 0.05) is 38.1 Å². The quantitative estimate of drug-likeness (QED) is 0.804. The van der Waals surface area contributed by atoms with E-state index in [0.29, 0.717) is 12.5 Å². The second-order valence-electron chi connectivity index (χ2n) is 9.20. The number of carbonyl (C=O) groups is 1. The summed E-state index contributed by atoms with van der Waals surface area (Å²) in [5.74, 6) is 0.543. The summed E-state index contributed by atoms with van der Waals surface area (Å²) in [5.41, 5.74) is 2.40. The number of likely N-dealkylation sites (tertiary alicyclic amines) is 2. The van der Waals surface area contributed by atoms with Gasteiger partial charge in [-0.1, -0.05) is 38.1 Å². The first-order chi connectivity index (χ1) is 14.4. The molecule has 1 spiro atoms. The Morgan fingerprint density at radius 2 is 2.03 bits per heavy atom. The largest absolute Gasteiger partial charge is 0.392 e. The summed E-state index contributed by atoms with van der Waals surface area (Å²) < 4.78 is 1.45. The third-order valence-corrected chi connectivity index (χ3v) is 6.67. The fourth-order valence-corrected chi connectivity index (χ4v) is 4.91. The Balaban J connectivity index is 1.42. The maximum atomic E-state index is 12.8. The molecule has 0 unspecified atom stereocenters. The van der Waals surface area contributed by atoms with Gasteiger partial charge in [0.2, 0.25) is 5.91 Å². The number of rotatable bonds is 5. The van der Waals surface area contributed by atoms with Gasteiger partial charge in [-0.3, -0.25) is 9.69 Å². The van der Waals surface area contributed by atoms with Crippen LogP contribution >= 0.6 is 0 Å². The van der Waals surface area contributed by atoms with E-state index < -0.39 is 0 Å². The van der Waals surface area contributed by atoms with Crippen LogP contribution in [0.2, 0.25) is 0 Å².